The van der Waals surface area contributed by atoms with Crippen LogP contribution in [0, 0.1) is 0 Å². The van der Waals surface area contributed by atoms with Crippen LogP contribution in [-0.2, 0) is 0 Å². The van der Waals surface area contributed by atoms with Gasteiger partial charge in [0.15, 0.2) is 0 Å². The number of piperidine rings is 1. The van der Waals surface area contributed by atoms with Crippen molar-refractivity contribution in [1.29, 1.82) is 0 Å². The van der Waals surface area contributed by atoms with E-state index < -0.39 is 0 Å². The Balaban J connectivity index is 0.00000103. The van der Waals surface area contributed by atoms with Crippen molar-refractivity contribution in [3.8, 4) is 0 Å². The second-order valence-corrected chi connectivity index (χ2v) is 14.7. The summed E-state index contributed by atoms with van der Waals surface area (Å²) in [5.74, 6) is 0.704. The van der Waals surface area contributed by atoms with Crippen LogP contribution in [-0.4, -0.2) is 112 Å². The lowest BCUT2D eigenvalue weighted by atomic mass is 10.1. The largest absolute Gasteiger partial charge is 1.00 e. The van der Waals surface area contributed by atoms with Crippen LogP contribution in [0.2, 0.25) is 0 Å². The predicted octanol–water partition coefficient (Wildman–Crippen LogP) is -2.02. The van der Waals surface area contributed by atoms with Crippen molar-refractivity contribution in [3.63, 3.8) is 0 Å². The molecule has 1 heterocycles. The van der Waals surface area contributed by atoms with Crippen LogP contribution in [0.3, 0.4) is 0 Å². The summed E-state index contributed by atoms with van der Waals surface area (Å²) in [5, 5.41) is 0. The molecule has 49 heavy (non-hydrogen) atoms. The zero-order valence-corrected chi connectivity index (χ0v) is 35.0. The fourth-order valence-corrected chi connectivity index (χ4v) is 6.30. The van der Waals surface area contributed by atoms with Gasteiger partial charge in [-0.3, -0.25) is 14.4 Å². The quantitative estimate of drug-likeness (QED) is 0.0951. The number of hydrogen-bond donors (Lipinski definition) is 0. The van der Waals surface area contributed by atoms with Gasteiger partial charge >= 0.3 is 0 Å². The van der Waals surface area contributed by atoms with Gasteiger partial charge in [-0.05, 0) is 44.9 Å². The maximum atomic E-state index is 12.5. The Morgan fingerprint density at radius 3 is 1.18 bits per heavy atom. The highest BCUT2D eigenvalue weighted by Crippen LogP contribution is 2.17. The summed E-state index contributed by atoms with van der Waals surface area (Å²) >= 11 is 0. The Morgan fingerprint density at radius 2 is 0.837 bits per heavy atom. The molecular formula is C40H58Br3N3O3. The normalized spacial score (nSPS) is 13.7. The Hall–Kier alpha value is -2.01. The van der Waals surface area contributed by atoms with Gasteiger partial charge in [-0.15, -0.1) is 0 Å². The summed E-state index contributed by atoms with van der Waals surface area (Å²) < 4.78 is 2.37. The summed E-state index contributed by atoms with van der Waals surface area (Å²) in [5.41, 5.74) is 2.45. The number of nitrogens with zero attached hydrogens (tertiary/aromatic N) is 3. The first-order valence-corrected chi connectivity index (χ1v) is 17.1. The van der Waals surface area contributed by atoms with Crippen molar-refractivity contribution in [2.24, 2.45) is 0 Å². The molecule has 0 aliphatic carbocycles. The molecule has 0 amide bonds. The first kappa shape index (κ1) is 47.0. The van der Waals surface area contributed by atoms with Crippen LogP contribution in [0.25, 0.3) is 0 Å². The molecule has 1 aliphatic heterocycles. The van der Waals surface area contributed by atoms with Crippen LogP contribution in [0.15, 0.2) is 91.0 Å². The fourth-order valence-electron chi connectivity index (χ4n) is 6.30. The average Bonchev–Trinajstić information content (AvgIpc) is 3.04. The molecule has 272 valence electrons. The van der Waals surface area contributed by atoms with Crippen molar-refractivity contribution in [1.82, 2.24) is 0 Å². The first-order chi connectivity index (χ1) is 21.9. The molecule has 0 radical (unpaired) electrons. The molecule has 0 spiro atoms. The van der Waals surface area contributed by atoms with Gasteiger partial charge in [0.25, 0.3) is 0 Å². The predicted molar refractivity (Wildman–Crippen MR) is 189 cm³/mol. The molecule has 1 saturated heterocycles. The number of Topliss-reactive ketones (excluding diaryl/α,β-unsaturated/α-hetero) is 3. The molecule has 0 unspecified atom stereocenters. The highest BCUT2D eigenvalue weighted by Gasteiger charge is 2.28. The number of quaternary nitrogens is 3. The molecular weight excluding hydrogens is 810 g/mol. The lowest BCUT2D eigenvalue weighted by Gasteiger charge is -2.37. The number of carbonyl (C=O) groups is 3. The van der Waals surface area contributed by atoms with Crippen LogP contribution in [0.5, 0.6) is 0 Å². The van der Waals surface area contributed by atoms with Crippen LogP contribution >= 0.6 is 0 Å². The maximum Gasteiger partial charge on any atom is 0.216 e. The summed E-state index contributed by atoms with van der Waals surface area (Å²) in [6.07, 6.45) is 8.41. The Bertz CT molecular complexity index is 1300. The monoisotopic (exact) mass is 865 g/mol. The highest BCUT2D eigenvalue weighted by atomic mass is 79.9. The second kappa shape index (κ2) is 23.5. The molecule has 4 rings (SSSR count). The molecule has 0 aromatic heterocycles. The van der Waals surface area contributed by atoms with Crippen LogP contribution in [0.1, 0.15) is 76.0 Å². The van der Waals surface area contributed by atoms with Crippen molar-refractivity contribution in [2.45, 2.75) is 44.9 Å². The van der Waals surface area contributed by atoms with Gasteiger partial charge in [0.1, 0.15) is 19.6 Å². The molecule has 9 heteroatoms. The van der Waals surface area contributed by atoms with E-state index in [9.17, 15) is 14.4 Å². The van der Waals surface area contributed by atoms with E-state index in [2.05, 4.69) is 35.2 Å². The smallest absolute Gasteiger partial charge is 0.216 e. The zero-order valence-electron chi connectivity index (χ0n) is 30.3. The molecule has 0 saturated carbocycles. The van der Waals surface area contributed by atoms with Gasteiger partial charge in [-0.2, -0.15) is 0 Å². The number of ketones is 3. The van der Waals surface area contributed by atoms with E-state index in [4.69, 9.17) is 0 Å². The summed E-state index contributed by atoms with van der Waals surface area (Å²) in [6, 6.07) is 28.8. The van der Waals surface area contributed by atoms with E-state index >= 15 is 0 Å². The topological polar surface area (TPSA) is 51.2 Å². The van der Waals surface area contributed by atoms with E-state index in [0.29, 0.717) is 19.6 Å². The van der Waals surface area contributed by atoms with Gasteiger partial charge in [0, 0.05) is 16.7 Å². The Morgan fingerprint density at radius 1 is 0.510 bits per heavy atom. The zero-order chi connectivity index (χ0) is 33.5. The van der Waals surface area contributed by atoms with E-state index in [1.54, 1.807) is 0 Å². The standard InChI is InChI=1S/C26H38N2O2.C14H20NO.3BrH/c1-27(2,21-25(29)23-15-9-7-10-16-23)19-13-5-6-14-20-28(3,4)22-26(30)24-17-11-8-12-18-24;1-15(10-6-3-7-11-15)12-14(16)13-8-4-2-5-9-13;;;/h7-12,15-18H,5-6,13-14,19-22H2,1-4H3;2,4-5,8-9H,3,6-7,10-12H2,1H3;3*1H/q+2;+1;;;/p-3. The van der Waals surface area contributed by atoms with Gasteiger partial charge in [0.2, 0.25) is 17.3 Å². The number of halogens is 3. The number of hydrogen-bond acceptors (Lipinski definition) is 3. The van der Waals surface area contributed by atoms with E-state index in [-0.39, 0.29) is 68.3 Å². The van der Waals surface area contributed by atoms with Crippen LogP contribution in [0.4, 0.5) is 0 Å². The van der Waals surface area contributed by atoms with Crippen molar-refractivity contribution >= 4 is 17.3 Å². The van der Waals surface area contributed by atoms with Gasteiger partial charge in [-0.25, -0.2) is 0 Å². The van der Waals surface area contributed by atoms with Crippen molar-refractivity contribution in [3.05, 3.63) is 108 Å². The third-order valence-corrected chi connectivity index (χ3v) is 9.13. The third kappa shape index (κ3) is 18.2. The maximum absolute atomic E-state index is 12.5. The lowest BCUT2D eigenvalue weighted by Crippen LogP contribution is -3.00. The van der Waals surface area contributed by atoms with E-state index in [1.807, 2.05) is 91.0 Å². The van der Waals surface area contributed by atoms with E-state index in [0.717, 1.165) is 82.0 Å². The average molecular weight is 869 g/mol. The molecule has 0 bridgehead atoms. The third-order valence-electron chi connectivity index (χ3n) is 9.13. The molecule has 6 nitrogen and oxygen atoms in total. The van der Waals surface area contributed by atoms with Gasteiger partial charge in [0.05, 0.1) is 61.4 Å². The summed E-state index contributed by atoms with van der Waals surface area (Å²) in [7, 11) is 10.7. The Labute approximate surface area is 328 Å². The number of benzene rings is 3. The number of likely N-dealkylation sites (N-methyl/N-ethyl adjacent to an activating group) is 3. The summed E-state index contributed by atoms with van der Waals surface area (Å²) in [6.45, 7) is 6.04. The molecule has 1 fully saturated rings. The Kier molecular flexibility index (Phi) is 22.5. The number of carbonyl (C=O) groups excluding carboxylic acids is 3. The van der Waals surface area contributed by atoms with Crippen molar-refractivity contribution < 1.29 is 78.8 Å². The fraction of sp³-hybridized carbons (Fsp3) is 0.475. The minimum Gasteiger partial charge on any atom is -1.00 e. The molecule has 0 N–H and O–H groups in total. The molecule has 3 aromatic carbocycles. The lowest BCUT2D eigenvalue weighted by molar-refractivity contribution is -0.906. The first-order valence-electron chi connectivity index (χ1n) is 17.1. The minimum absolute atomic E-state index is 0. The van der Waals surface area contributed by atoms with E-state index in [1.165, 1.54) is 19.3 Å². The number of rotatable bonds is 16. The molecule has 3 aromatic rings. The van der Waals surface area contributed by atoms with Gasteiger partial charge in [-0.1, -0.05) is 91.0 Å². The highest BCUT2D eigenvalue weighted by molar-refractivity contribution is 5.97. The SMILES string of the molecule is C[N+](C)(CCCCCC[N+](C)(C)CC(=O)c1ccccc1)CC(=O)c1ccccc1.C[N+]1(CC(=O)c2ccccc2)CCCCC1.[Br-].[Br-].[Br-]. The van der Waals surface area contributed by atoms with Crippen LogP contribution < -0.4 is 50.9 Å². The second-order valence-electron chi connectivity index (χ2n) is 14.7. The van der Waals surface area contributed by atoms with Gasteiger partial charge < -0.3 is 64.4 Å². The number of unbranched alkanes of at least 4 members (excludes halogenated alkanes) is 3. The minimum atomic E-state index is 0. The van der Waals surface area contributed by atoms with Crippen molar-refractivity contribution in [2.75, 3.05) is 81.1 Å². The number of likely N-dealkylation sites (tertiary alicyclic amines) is 1. The molecule has 1 aliphatic rings. The summed E-state index contributed by atoms with van der Waals surface area (Å²) in [4.78, 5) is 37.0. The molecule has 0 atom stereocenters.